The highest BCUT2D eigenvalue weighted by Crippen LogP contribution is 2.24. The molecular formula is C11H14N2O2. The van der Waals surface area contributed by atoms with Gasteiger partial charge in [0.2, 0.25) is 5.91 Å². The largest absolute Gasteiger partial charge is 0.497 e. The maximum atomic E-state index is 11.6. The fraction of sp³-hybridized carbons (Fsp3) is 0.364. The SMILES string of the molecule is COc1cccc(N2C[C@H](N)CC2=O)c1. The third-order valence-corrected chi connectivity index (χ3v) is 2.52. The van der Waals surface area contributed by atoms with Gasteiger partial charge in [0.15, 0.2) is 0 Å². The van der Waals surface area contributed by atoms with E-state index in [1.807, 2.05) is 24.3 Å². The summed E-state index contributed by atoms with van der Waals surface area (Å²) < 4.78 is 5.11. The van der Waals surface area contributed by atoms with Crippen molar-refractivity contribution in [3.05, 3.63) is 24.3 Å². The van der Waals surface area contributed by atoms with E-state index in [4.69, 9.17) is 10.5 Å². The number of hydrogen-bond acceptors (Lipinski definition) is 3. The van der Waals surface area contributed by atoms with Gasteiger partial charge in [-0.1, -0.05) is 6.07 Å². The number of ether oxygens (including phenoxy) is 1. The molecule has 0 aromatic heterocycles. The van der Waals surface area contributed by atoms with Gasteiger partial charge in [-0.3, -0.25) is 4.79 Å². The molecule has 1 aliphatic heterocycles. The van der Waals surface area contributed by atoms with Gasteiger partial charge in [-0.05, 0) is 12.1 Å². The van der Waals surface area contributed by atoms with Crippen LogP contribution in [-0.4, -0.2) is 25.6 Å². The first-order valence-corrected chi connectivity index (χ1v) is 4.90. The van der Waals surface area contributed by atoms with Crippen LogP contribution in [0.3, 0.4) is 0 Å². The molecule has 4 nitrogen and oxygen atoms in total. The molecule has 0 bridgehead atoms. The van der Waals surface area contributed by atoms with Crippen LogP contribution in [0.15, 0.2) is 24.3 Å². The first-order chi connectivity index (χ1) is 7.20. The van der Waals surface area contributed by atoms with E-state index in [0.717, 1.165) is 11.4 Å². The van der Waals surface area contributed by atoms with Gasteiger partial charge < -0.3 is 15.4 Å². The molecule has 0 saturated carbocycles. The van der Waals surface area contributed by atoms with E-state index in [1.54, 1.807) is 12.0 Å². The number of carbonyl (C=O) groups excluding carboxylic acids is 1. The Bertz CT molecular complexity index is 379. The lowest BCUT2D eigenvalue weighted by Crippen LogP contribution is -2.27. The third-order valence-electron chi connectivity index (χ3n) is 2.52. The second-order valence-corrected chi connectivity index (χ2v) is 3.67. The summed E-state index contributed by atoms with van der Waals surface area (Å²) in [5.41, 5.74) is 6.58. The highest BCUT2D eigenvalue weighted by Gasteiger charge is 2.27. The smallest absolute Gasteiger partial charge is 0.228 e. The summed E-state index contributed by atoms with van der Waals surface area (Å²) in [6, 6.07) is 7.40. The molecule has 1 aromatic rings. The number of nitrogens with two attached hydrogens (primary N) is 1. The number of nitrogens with zero attached hydrogens (tertiary/aromatic N) is 1. The highest BCUT2D eigenvalue weighted by molar-refractivity contribution is 5.96. The molecule has 0 radical (unpaired) electrons. The number of rotatable bonds is 2. The van der Waals surface area contributed by atoms with Crippen molar-refractivity contribution < 1.29 is 9.53 Å². The summed E-state index contributed by atoms with van der Waals surface area (Å²) in [4.78, 5) is 13.3. The zero-order valence-corrected chi connectivity index (χ0v) is 8.64. The lowest BCUT2D eigenvalue weighted by Gasteiger charge is -2.16. The molecule has 2 N–H and O–H groups in total. The summed E-state index contributed by atoms with van der Waals surface area (Å²) >= 11 is 0. The number of hydrogen-bond donors (Lipinski definition) is 1. The Balaban J connectivity index is 2.25. The maximum absolute atomic E-state index is 11.6. The van der Waals surface area contributed by atoms with Crippen molar-refractivity contribution in [1.82, 2.24) is 0 Å². The van der Waals surface area contributed by atoms with Crippen LogP contribution in [0.5, 0.6) is 5.75 Å². The number of benzene rings is 1. The predicted molar refractivity (Wildman–Crippen MR) is 57.9 cm³/mol. The molecule has 0 aliphatic carbocycles. The molecule has 1 aliphatic rings. The summed E-state index contributed by atoms with van der Waals surface area (Å²) in [5.74, 6) is 0.830. The van der Waals surface area contributed by atoms with E-state index >= 15 is 0 Å². The quantitative estimate of drug-likeness (QED) is 0.777. The Morgan fingerprint density at radius 2 is 2.33 bits per heavy atom. The standard InChI is InChI=1S/C11H14N2O2/c1-15-10-4-2-3-9(6-10)13-7-8(12)5-11(13)14/h2-4,6,8H,5,7,12H2,1H3/t8-/m1/s1. The second-order valence-electron chi connectivity index (χ2n) is 3.67. The fourth-order valence-corrected chi connectivity index (χ4v) is 1.76. The number of methoxy groups -OCH3 is 1. The van der Waals surface area contributed by atoms with Crippen molar-refractivity contribution in [3.8, 4) is 5.75 Å². The fourth-order valence-electron chi connectivity index (χ4n) is 1.76. The van der Waals surface area contributed by atoms with E-state index in [0.29, 0.717) is 13.0 Å². The Hall–Kier alpha value is -1.55. The Labute approximate surface area is 88.6 Å². The van der Waals surface area contributed by atoms with Gasteiger partial charge in [0.1, 0.15) is 5.75 Å². The van der Waals surface area contributed by atoms with Gasteiger partial charge in [-0.25, -0.2) is 0 Å². The summed E-state index contributed by atoms with van der Waals surface area (Å²) in [7, 11) is 1.61. The van der Waals surface area contributed by atoms with Crippen LogP contribution in [0.4, 0.5) is 5.69 Å². The van der Waals surface area contributed by atoms with E-state index in [1.165, 1.54) is 0 Å². The summed E-state index contributed by atoms with van der Waals surface area (Å²) in [6.45, 7) is 0.589. The van der Waals surface area contributed by atoms with Crippen LogP contribution < -0.4 is 15.4 Å². The molecule has 2 rings (SSSR count). The monoisotopic (exact) mass is 206 g/mol. The van der Waals surface area contributed by atoms with Crippen molar-refractivity contribution in [2.45, 2.75) is 12.5 Å². The number of amides is 1. The van der Waals surface area contributed by atoms with Crippen molar-refractivity contribution in [2.24, 2.45) is 5.73 Å². The van der Waals surface area contributed by atoms with Crippen LogP contribution >= 0.6 is 0 Å². The van der Waals surface area contributed by atoms with Gasteiger partial charge in [0, 0.05) is 30.8 Å². The Morgan fingerprint density at radius 1 is 1.53 bits per heavy atom. The van der Waals surface area contributed by atoms with E-state index in [2.05, 4.69) is 0 Å². The molecule has 80 valence electrons. The van der Waals surface area contributed by atoms with Gasteiger partial charge in [-0.15, -0.1) is 0 Å². The zero-order valence-electron chi connectivity index (χ0n) is 8.64. The highest BCUT2D eigenvalue weighted by atomic mass is 16.5. The zero-order chi connectivity index (χ0) is 10.8. The molecule has 1 fully saturated rings. The topological polar surface area (TPSA) is 55.6 Å². The minimum Gasteiger partial charge on any atom is -0.497 e. The van der Waals surface area contributed by atoms with Crippen molar-refractivity contribution in [1.29, 1.82) is 0 Å². The van der Waals surface area contributed by atoms with E-state index < -0.39 is 0 Å². The van der Waals surface area contributed by atoms with Crippen LogP contribution in [-0.2, 0) is 4.79 Å². The molecule has 4 heteroatoms. The molecule has 0 spiro atoms. The minimum absolute atomic E-state index is 0.0521. The second kappa shape index (κ2) is 3.90. The summed E-state index contributed by atoms with van der Waals surface area (Å²) in [5, 5.41) is 0. The van der Waals surface area contributed by atoms with Crippen LogP contribution in [0.1, 0.15) is 6.42 Å². The van der Waals surface area contributed by atoms with Crippen molar-refractivity contribution >= 4 is 11.6 Å². The third kappa shape index (κ3) is 1.94. The van der Waals surface area contributed by atoms with Gasteiger partial charge in [-0.2, -0.15) is 0 Å². The average molecular weight is 206 g/mol. The molecule has 0 unspecified atom stereocenters. The van der Waals surface area contributed by atoms with E-state index in [-0.39, 0.29) is 11.9 Å². The average Bonchev–Trinajstić information content (AvgIpc) is 2.58. The lowest BCUT2D eigenvalue weighted by atomic mass is 10.3. The van der Waals surface area contributed by atoms with Crippen molar-refractivity contribution in [2.75, 3.05) is 18.6 Å². The lowest BCUT2D eigenvalue weighted by molar-refractivity contribution is -0.117. The molecule has 15 heavy (non-hydrogen) atoms. The molecule has 1 atom stereocenters. The van der Waals surface area contributed by atoms with E-state index in [9.17, 15) is 4.79 Å². The number of anilines is 1. The first kappa shape index (κ1) is 9.98. The van der Waals surface area contributed by atoms with Crippen LogP contribution in [0.2, 0.25) is 0 Å². The summed E-state index contributed by atoms with van der Waals surface area (Å²) in [6.07, 6.45) is 0.428. The molecular weight excluding hydrogens is 192 g/mol. The maximum Gasteiger partial charge on any atom is 0.228 e. The van der Waals surface area contributed by atoms with Crippen molar-refractivity contribution in [3.63, 3.8) is 0 Å². The van der Waals surface area contributed by atoms with Gasteiger partial charge >= 0.3 is 0 Å². The first-order valence-electron chi connectivity index (χ1n) is 4.90. The molecule has 1 saturated heterocycles. The van der Waals surface area contributed by atoms with Crippen LogP contribution in [0.25, 0.3) is 0 Å². The Morgan fingerprint density at radius 3 is 2.93 bits per heavy atom. The van der Waals surface area contributed by atoms with Gasteiger partial charge in [0.05, 0.1) is 7.11 Å². The van der Waals surface area contributed by atoms with Gasteiger partial charge in [0.25, 0.3) is 0 Å². The number of carbonyl (C=O) groups is 1. The van der Waals surface area contributed by atoms with Crippen LogP contribution in [0, 0.1) is 0 Å². The molecule has 1 amide bonds. The molecule has 1 aromatic carbocycles. The normalized spacial score (nSPS) is 20.8. The predicted octanol–water partition coefficient (Wildman–Crippen LogP) is 0.759. The minimum atomic E-state index is -0.0521. The molecule has 1 heterocycles. The Kier molecular flexibility index (Phi) is 2.60.